The van der Waals surface area contributed by atoms with E-state index in [0.717, 1.165) is 5.69 Å². The van der Waals surface area contributed by atoms with Crippen LogP contribution in [0.2, 0.25) is 0 Å². The van der Waals surface area contributed by atoms with Crippen molar-refractivity contribution in [2.75, 3.05) is 26.2 Å². The Morgan fingerprint density at radius 2 is 2.33 bits per heavy atom. The minimum atomic E-state index is -0.573. The van der Waals surface area contributed by atoms with Gasteiger partial charge in [0.05, 0.1) is 29.7 Å². The number of rotatable bonds is 3. The second-order valence-corrected chi connectivity index (χ2v) is 5.85. The highest BCUT2D eigenvalue weighted by molar-refractivity contribution is 7.11. The van der Waals surface area contributed by atoms with Crippen molar-refractivity contribution in [1.82, 2.24) is 30.2 Å². The van der Waals surface area contributed by atoms with Crippen molar-refractivity contribution in [3.63, 3.8) is 0 Å². The second kappa shape index (κ2) is 6.29. The summed E-state index contributed by atoms with van der Waals surface area (Å²) < 4.78 is 0. The number of nitrogens with one attached hydrogen (secondary N) is 1. The highest BCUT2D eigenvalue weighted by Gasteiger charge is 2.26. The molecule has 1 unspecified atom stereocenters. The number of aromatic nitrogens is 4. The van der Waals surface area contributed by atoms with Crippen LogP contribution in [-0.4, -0.2) is 73.5 Å². The molecule has 8 nitrogen and oxygen atoms in total. The van der Waals surface area contributed by atoms with Crippen molar-refractivity contribution >= 4 is 17.2 Å². The summed E-state index contributed by atoms with van der Waals surface area (Å²) >= 11 is 1.32. The van der Waals surface area contributed by atoms with E-state index in [2.05, 4.69) is 25.3 Å². The number of aromatic amines is 1. The van der Waals surface area contributed by atoms with E-state index in [1.54, 1.807) is 22.8 Å². The summed E-state index contributed by atoms with van der Waals surface area (Å²) in [4.78, 5) is 20.6. The van der Waals surface area contributed by atoms with Gasteiger partial charge in [-0.3, -0.25) is 14.7 Å². The normalized spacial score (nSPS) is 20.4. The van der Waals surface area contributed by atoms with Gasteiger partial charge in [0.25, 0.3) is 5.91 Å². The summed E-state index contributed by atoms with van der Waals surface area (Å²) in [6.07, 6.45) is 2.66. The van der Waals surface area contributed by atoms with E-state index in [9.17, 15) is 9.90 Å². The number of aliphatic hydroxyl groups excluding tert-OH is 1. The maximum Gasteiger partial charge on any atom is 0.265 e. The van der Waals surface area contributed by atoms with E-state index in [1.165, 1.54) is 11.3 Å². The minimum absolute atomic E-state index is 0.0696. The molecule has 0 bridgehead atoms. The van der Waals surface area contributed by atoms with Gasteiger partial charge in [0, 0.05) is 32.7 Å². The van der Waals surface area contributed by atoms with E-state index in [4.69, 9.17) is 0 Å². The number of aliphatic hydroxyl groups is 1. The summed E-state index contributed by atoms with van der Waals surface area (Å²) in [5.41, 5.74) is 2.46. The average molecular weight is 308 g/mol. The Morgan fingerprint density at radius 1 is 1.43 bits per heavy atom. The lowest BCUT2D eigenvalue weighted by atomic mass is 10.3. The Balaban J connectivity index is 1.64. The molecule has 1 aliphatic heterocycles. The summed E-state index contributed by atoms with van der Waals surface area (Å²) in [5, 5.41) is 20.5. The highest BCUT2D eigenvalue weighted by atomic mass is 32.1. The number of amides is 1. The fourth-order valence-corrected chi connectivity index (χ4v) is 2.98. The van der Waals surface area contributed by atoms with Crippen LogP contribution in [0.15, 0.2) is 17.9 Å². The molecule has 3 heterocycles. The van der Waals surface area contributed by atoms with Crippen LogP contribution in [0.4, 0.5) is 0 Å². The number of carbonyl (C=O) groups excluding carboxylic acids is 1. The monoisotopic (exact) mass is 308 g/mol. The topological polar surface area (TPSA) is 98.2 Å². The maximum atomic E-state index is 12.3. The maximum absolute atomic E-state index is 12.3. The molecule has 1 amide bonds. The average Bonchev–Trinajstić information content (AvgIpc) is 3.12. The molecule has 1 aliphatic rings. The number of thiazole rings is 1. The molecule has 0 aliphatic carbocycles. The molecule has 0 spiro atoms. The summed E-state index contributed by atoms with van der Waals surface area (Å²) in [7, 11) is 0. The Hall–Kier alpha value is -1.84. The highest BCUT2D eigenvalue weighted by Crippen LogP contribution is 2.13. The van der Waals surface area contributed by atoms with Gasteiger partial charge in [0.1, 0.15) is 4.88 Å². The van der Waals surface area contributed by atoms with Crippen molar-refractivity contribution < 1.29 is 9.90 Å². The second-order valence-electron chi connectivity index (χ2n) is 4.97. The van der Waals surface area contributed by atoms with Crippen LogP contribution in [-0.2, 0) is 6.54 Å². The molecule has 1 fully saturated rings. The predicted molar refractivity (Wildman–Crippen MR) is 75.7 cm³/mol. The molecular formula is C12H16N6O2S. The zero-order chi connectivity index (χ0) is 14.7. The number of nitrogens with zero attached hydrogens (tertiary/aromatic N) is 5. The molecule has 1 atom stereocenters. The van der Waals surface area contributed by atoms with Crippen molar-refractivity contribution in [1.29, 1.82) is 0 Å². The van der Waals surface area contributed by atoms with Gasteiger partial charge in [-0.15, -0.1) is 11.3 Å². The fraction of sp³-hybridized carbons (Fsp3) is 0.500. The number of carbonyl (C=O) groups is 1. The van der Waals surface area contributed by atoms with Gasteiger partial charge in [-0.25, -0.2) is 0 Å². The number of H-pyrrole nitrogens is 1. The first kappa shape index (κ1) is 14.1. The zero-order valence-corrected chi connectivity index (χ0v) is 12.2. The number of β-amino-alcohol motifs (C(OH)–C–C–N with tert-alkyl or cyclic N) is 1. The van der Waals surface area contributed by atoms with Crippen LogP contribution in [0.1, 0.15) is 15.4 Å². The smallest absolute Gasteiger partial charge is 0.265 e. The Morgan fingerprint density at radius 3 is 3.05 bits per heavy atom. The molecule has 2 N–H and O–H groups in total. The van der Waals surface area contributed by atoms with Crippen molar-refractivity contribution in [3.05, 3.63) is 28.5 Å². The predicted octanol–water partition coefficient (Wildman–Crippen LogP) is -0.420. The van der Waals surface area contributed by atoms with Crippen molar-refractivity contribution in [2.24, 2.45) is 0 Å². The molecule has 0 radical (unpaired) electrons. The van der Waals surface area contributed by atoms with Gasteiger partial charge < -0.3 is 10.0 Å². The summed E-state index contributed by atoms with van der Waals surface area (Å²) in [6.45, 7) is 2.72. The van der Waals surface area contributed by atoms with Gasteiger partial charge in [-0.2, -0.15) is 15.4 Å². The Labute approximate surface area is 125 Å². The molecule has 1 saturated heterocycles. The lowest BCUT2D eigenvalue weighted by Crippen LogP contribution is -2.37. The first-order valence-corrected chi connectivity index (χ1v) is 7.53. The molecule has 2 aromatic heterocycles. The van der Waals surface area contributed by atoms with Crippen LogP contribution in [0, 0.1) is 0 Å². The SMILES string of the molecule is O=C(c1cncs1)N1CCN(Cc2cn[nH]n2)CC(O)C1. The zero-order valence-electron chi connectivity index (χ0n) is 11.3. The summed E-state index contributed by atoms with van der Waals surface area (Å²) in [5.74, 6) is -0.0696. The molecule has 2 aromatic rings. The van der Waals surface area contributed by atoms with Gasteiger partial charge in [-0.1, -0.05) is 0 Å². The molecule has 21 heavy (non-hydrogen) atoms. The first-order chi connectivity index (χ1) is 10.2. The van der Waals surface area contributed by atoms with E-state index >= 15 is 0 Å². The Kier molecular flexibility index (Phi) is 4.23. The lowest BCUT2D eigenvalue weighted by molar-refractivity contribution is 0.0667. The standard InChI is InChI=1S/C12H16N6O2S/c19-10-6-17(5-9-3-14-16-15-9)1-2-18(7-10)12(20)11-4-13-8-21-11/h3-4,8,10,19H,1-2,5-7H2,(H,14,15,16). The molecule has 9 heteroatoms. The largest absolute Gasteiger partial charge is 0.390 e. The molecule has 0 saturated carbocycles. The van der Waals surface area contributed by atoms with E-state index in [0.29, 0.717) is 37.6 Å². The third-order valence-corrected chi connectivity index (χ3v) is 4.13. The number of hydrogen-bond acceptors (Lipinski definition) is 7. The van der Waals surface area contributed by atoms with Crippen molar-refractivity contribution in [3.8, 4) is 0 Å². The van der Waals surface area contributed by atoms with E-state index in [1.807, 2.05) is 0 Å². The van der Waals surface area contributed by atoms with Crippen LogP contribution < -0.4 is 0 Å². The Bertz CT molecular complexity index is 573. The molecule has 112 valence electrons. The third-order valence-electron chi connectivity index (χ3n) is 3.37. The molecule has 3 rings (SSSR count). The molecular weight excluding hydrogens is 292 g/mol. The van der Waals surface area contributed by atoms with Crippen LogP contribution in [0.5, 0.6) is 0 Å². The van der Waals surface area contributed by atoms with Gasteiger partial charge >= 0.3 is 0 Å². The van der Waals surface area contributed by atoms with E-state index in [-0.39, 0.29) is 5.91 Å². The summed E-state index contributed by atoms with van der Waals surface area (Å²) in [6, 6.07) is 0. The molecule has 0 aromatic carbocycles. The van der Waals surface area contributed by atoms with E-state index < -0.39 is 6.10 Å². The first-order valence-electron chi connectivity index (χ1n) is 6.65. The number of hydrogen-bond donors (Lipinski definition) is 2. The van der Waals surface area contributed by atoms with Gasteiger partial charge in [0.2, 0.25) is 0 Å². The van der Waals surface area contributed by atoms with Gasteiger partial charge in [-0.05, 0) is 0 Å². The van der Waals surface area contributed by atoms with Gasteiger partial charge in [0.15, 0.2) is 0 Å². The third kappa shape index (κ3) is 3.43. The van der Waals surface area contributed by atoms with Crippen LogP contribution in [0.3, 0.4) is 0 Å². The van der Waals surface area contributed by atoms with Crippen LogP contribution in [0.25, 0.3) is 0 Å². The van der Waals surface area contributed by atoms with Crippen LogP contribution >= 0.6 is 11.3 Å². The fourth-order valence-electron chi connectivity index (χ4n) is 2.39. The minimum Gasteiger partial charge on any atom is -0.390 e. The van der Waals surface area contributed by atoms with Crippen molar-refractivity contribution in [2.45, 2.75) is 12.6 Å². The quantitative estimate of drug-likeness (QED) is 0.799. The lowest BCUT2D eigenvalue weighted by Gasteiger charge is -2.20.